The molecule has 8 nitrogen and oxygen atoms in total. The summed E-state index contributed by atoms with van der Waals surface area (Å²) < 4.78 is 11.1. The highest BCUT2D eigenvalue weighted by Gasteiger charge is 2.21. The molecule has 8 heteroatoms. The van der Waals surface area contributed by atoms with Crippen molar-refractivity contribution in [3.05, 3.63) is 76.8 Å². The summed E-state index contributed by atoms with van der Waals surface area (Å²) in [6.07, 6.45) is -1.02. The van der Waals surface area contributed by atoms with Crippen molar-refractivity contribution in [3.8, 4) is 11.5 Å². The number of nitrogens with one attached hydrogen (secondary N) is 1. The Morgan fingerprint density at radius 1 is 1.07 bits per heavy atom. The van der Waals surface area contributed by atoms with E-state index in [-0.39, 0.29) is 11.9 Å². The van der Waals surface area contributed by atoms with Crippen molar-refractivity contribution < 1.29 is 18.7 Å². The molecule has 2 aromatic carbocycles. The summed E-state index contributed by atoms with van der Waals surface area (Å²) in [7, 11) is 0. The summed E-state index contributed by atoms with van der Waals surface area (Å²) in [4.78, 5) is 36.3. The molecule has 0 aliphatic carbocycles. The number of benzene rings is 2. The SMILES string of the molecule is CC(OC(=O)Cn1nc(-c2ccccc2)oc1=O)C(=O)NC(C)c1ccccc1. The fraction of sp³-hybridized carbons (Fsp3) is 0.238. The Hall–Kier alpha value is -3.68. The van der Waals surface area contributed by atoms with Gasteiger partial charge in [-0.15, -0.1) is 5.10 Å². The van der Waals surface area contributed by atoms with Crippen LogP contribution < -0.4 is 11.1 Å². The highest BCUT2D eigenvalue weighted by Crippen LogP contribution is 2.14. The lowest BCUT2D eigenvalue weighted by Gasteiger charge is -2.18. The first-order valence-electron chi connectivity index (χ1n) is 9.12. The van der Waals surface area contributed by atoms with Crippen LogP contribution in [0.5, 0.6) is 0 Å². The van der Waals surface area contributed by atoms with Crippen LogP contribution in [0.4, 0.5) is 0 Å². The Kier molecular flexibility index (Phi) is 6.23. The van der Waals surface area contributed by atoms with Gasteiger partial charge in [-0.2, -0.15) is 4.68 Å². The van der Waals surface area contributed by atoms with E-state index in [2.05, 4.69) is 10.4 Å². The van der Waals surface area contributed by atoms with Gasteiger partial charge in [0.1, 0.15) is 6.54 Å². The Bertz CT molecular complexity index is 1030. The molecule has 2 unspecified atom stereocenters. The number of aromatic nitrogens is 2. The molecule has 1 aromatic heterocycles. The van der Waals surface area contributed by atoms with E-state index < -0.39 is 30.3 Å². The van der Waals surface area contributed by atoms with E-state index in [1.807, 2.05) is 43.3 Å². The predicted octanol–water partition coefficient (Wildman–Crippen LogP) is 2.31. The Labute approximate surface area is 167 Å². The number of ether oxygens (including phenoxy) is 1. The number of rotatable bonds is 7. The third kappa shape index (κ3) is 5.19. The first kappa shape index (κ1) is 20.1. The standard InChI is InChI=1S/C21H21N3O5/c1-14(16-9-5-3-6-10-16)22-19(26)15(2)28-18(25)13-24-21(27)29-20(23-24)17-11-7-4-8-12-17/h3-12,14-15H,13H2,1-2H3,(H,22,26). The van der Waals surface area contributed by atoms with E-state index in [1.54, 1.807) is 24.3 Å². The van der Waals surface area contributed by atoms with Crippen molar-refractivity contribution >= 4 is 11.9 Å². The minimum atomic E-state index is -1.02. The van der Waals surface area contributed by atoms with E-state index in [0.29, 0.717) is 5.56 Å². The molecule has 0 bridgehead atoms. The van der Waals surface area contributed by atoms with Gasteiger partial charge in [-0.05, 0) is 31.5 Å². The fourth-order valence-electron chi connectivity index (χ4n) is 2.67. The van der Waals surface area contributed by atoms with Crippen molar-refractivity contribution in [2.45, 2.75) is 32.5 Å². The smallest absolute Gasteiger partial charge is 0.437 e. The average Bonchev–Trinajstić information content (AvgIpc) is 3.09. The number of nitrogens with zero attached hydrogens (tertiary/aromatic N) is 2. The zero-order valence-corrected chi connectivity index (χ0v) is 16.1. The van der Waals surface area contributed by atoms with Crippen LogP contribution in [0.1, 0.15) is 25.5 Å². The summed E-state index contributed by atoms with van der Waals surface area (Å²) in [5.41, 5.74) is 1.54. The zero-order valence-electron chi connectivity index (χ0n) is 16.1. The van der Waals surface area contributed by atoms with Crippen LogP contribution in [-0.4, -0.2) is 27.8 Å². The van der Waals surface area contributed by atoms with E-state index in [9.17, 15) is 14.4 Å². The molecule has 29 heavy (non-hydrogen) atoms. The third-order valence-corrected chi connectivity index (χ3v) is 4.24. The van der Waals surface area contributed by atoms with Gasteiger partial charge in [0, 0.05) is 5.56 Å². The molecule has 0 aliphatic rings. The first-order valence-corrected chi connectivity index (χ1v) is 9.12. The number of amides is 1. The van der Waals surface area contributed by atoms with E-state index in [4.69, 9.17) is 9.15 Å². The number of hydrogen-bond donors (Lipinski definition) is 1. The molecular formula is C21H21N3O5. The summed E-state index contributed by atoms with van der Waals surface area (Å²) in [6, 6.07) is 18.0. The lowest BCUT2D eigenvalue weighted by Crippen LogP contribution is -2.38. The van der Waals surface area contributed by atoms with Crippen LogP contribution in [0.15, 0.2) is 69.9 Å². The highest BCUT2D eigenvalue weighted by atomic mass is 16.5. The number of hydrogen-bond acceptors (Lipinski definition) is 6. The molecule has 0 radical (unpaired) electrons. The van der Waals surface area contributed by atoms with Gasteiger partial charge in [0.25, 0.3) is 5.91 Å². The topological polar surface area (TPSA) is 103 Å². The Morgan fingerprint density at radius 2 is 1.69 bits per heavy atom. The Morgan fingerprint density at radius 3 is 2.34 bits per heavy atom. The van der Waals surface area contributed by atoms with E-state index >= 15 is 0 Å². The summed E-state index contributed by atoms with van der Waals surface area (Å²) >= 11 is 0. The predicted molar refractivity (Wildman–Crippen MR) is 105 cm³/mol. The normalized spacial score (nSPS) is 12.8. The molecule has 0 aliphatic heterocycles. The molecule has 0 spiro atoms. The van der Waals surface area contributed by atoms with Gasteiger partial charge < -0.3 is 14.5 Å². The molecule has 3 rings (SSSR count). The average molecular weight is 395 g/mol. The number of carbonyl (C=O) groups is 2. The maximum Gasteiger partial charge on any atom is 0.437 e. The third-order valence-electron chi connectivity index (χ3n) is 4.24. The van der Waals surface area contributed by atoms with Gasteiger partial charge in [0.2, 0.25) is 5.89 Å². The van der Waals surface area contributed by atoms with Crippen LogP contribution in [-0.2, 0) is 20.9 Å². The quantitative estimate of drug-likeness (QED) is 0.616. The fourth-order valence-corrected chi connectivity index (χ4v) is 2.67. The van der Waals surface area contributed by atoms with Crippen molar-refractivity contribution in [1.82, 2.24) is 15.1 Å². The molecule has 150 valence electrons. The molecule has 1 amide bonds. The van der Waals surface area contributed by atoms with Crippen molar-refractivity contribution in [1.29, 1.82) is 0 Å². The largest absolute Gasteiger partial charge is 0.451 e. The van der Waals surface area contributed by atoms with Crippen LogP contribution in [0.25, 0.3) is 11.5 Å². The van der Waals surface area contributed by atoms with Crippen LogP contribution in [0.2, 0.25) is 0 Å². The van der Waals surface area contributed by atoms with Gasteiger partial charge in [0.15, 0.2) is 6.10 Å². The van der Waals surface area contributed by atoms with Crippen molar-refractivity contribution in [3.63, 3.8) is 0 Å². The first-order chi connectivity index (χ1) is 13.9. The zero-order chi connectivity index (χ0) is 20.8. The van der Waals surface area contributed by atoms with Gasteiger partial charge in [-0.25, -0.2) is 4.79 Å². The van der Waals surface area contributed by atoms with Crippen molar-refractivity contribution in [2.75, 3.05) is 0 Å². The van der Waals surface area contributed by atoms with E-state index in [0.717, 1.165) is 10.2 Å². The van der Waals surface area contributed by atoms with Gasteiger partial charge in [-0.1, -0.05) is 48.5 Å². The second kappa shape index (κ2) is 9.01. The molecule has 3 aromatic rings. The monoisotopic (exact) mass is 395 g/mol. The summed E-state index contributed by atoms with van der Waals surface area (Å²) in [6.45, 7) is 2.84. The van der Waals surface area contributed by atoms with Crippen LogP contribution in [0.3, 0.4) is 0 Å². The Balaban J connectivity index is 1.57. The lowest BCUT2D eigenvalue weighted by atomic mass is 10.1. The molecule has 0 saturated heterocycles. The number of esters is 1. The second-order valence-corrected chi connectivity index (χ2v) is 6.47. The molecular weight excluding hydrogens is 374 g/mol. The minimum absolute atomic E-state index is 0.103. The van der Waals surface area contributed by atoms with Crippen LogP contribution in [0, 0.1) is 0 Å². The lowest BCUT2D eigenvalue weighted by molar-refractivity contribution is -0.155. The van der Waals surface area contributed by atoms with E-state index in [1.165, 1.54) is 6.92 Å². The number of carbonyl (C=O) groups excluding carboxylic acids is 2. The highest BCUT2D eigenvalue weighted by molar-refractivity contribution is 5.83. The summed E-state index contributed by atoms with van der Waals surface area (Å²) in [5.74, 6) is -1.89. The van der Waals surface area contributed by atoms with Gasteiger partial charge >= 0.3 is 11.7 Å². The van der Waals surface area contributed by atoms with Crippen molar-refractivity contribution in [2.24, 2.45) is 0 Å². The second-order valence-electron chi connectivity index (χ2n) is 6.47. The maximum absolute atomic E-state index is 12.3. The van der Waals surface area contributed by atoms with Gasteiger partial charge in [0.05, 0.1) is 6.04 Å². The molecule has 0 fully saturated rings. The molecule has 2 atom stereocenters. The minimum Gasteiger partial charge on any atom is -0.451 e. The molecule has 1 heterocycles. The van der Waals surface area contributed by atoms with Gasteiger partial charge in [-0.3, -0.25) is 9.59 Å². The van der Waals surface area contributed by atoms with Crippen LogP contribution >= 0.6 is 0 Å². The maximum atomic E-state index is 12.3. The summed E-state index contributed by atoms with van der Waals surface area (Å²) in [5, 5.41) is 6.78. The molecule has 1 N–H and O–H groups in total. The molecule has 0 saturated carbocycles.